The molecule has 0 aliphatic heterocycles. The van der Waals surface area contributed by atoms with Crippen molar-refractivity contribution < 1.29 is 4.39 Å². The van der Waals surface area contributed by atoms with Crippen molar-refractivity contribution in [2.45, 2.75) is 53.1 Å². The second-order valence-electron chi connectivity index (χ2n) is 5.75. The lowest BCUT2D eigenvalue weighted by Gasteiger charge is -2.13. The third-order valence-corrected chi connectivity index (χ3v) is 3.33. The van der Waals surface area contributed by atoms with Crippen molar-refractivity contribution >= 4 is 5.82 Å². The van der Waals surface area contributed by atoms with Gasteiger partial charge in [-0.25, -0.2) is 4.98 Å². The van der Waals surface area contributed by atoms with Crippen LogP contribution in [0, 0.1) is 5.95 Å². The number of rotatable bonds is 5. The van der Waals surface area contributed by atoms with Crippen LogP contribution < -0.4 is 5.32 Å². The topological polar surface area (TPSA) is 42.7 Å². The number of hydrogen-bond donors (Lipinski definition) is 1. The maximum atomic E-state index is 14.4. The Bertz CT molecular complexity index is 617. The van der Waals surface area contributed by atoms with Crippen molar-refractivity contribution in [1.29, 1.82) is 0 Å². The molecular formula is C16H23FN4. The first-order chi connectivity index (χ1) is 9.93. The van der Waals surface area contributed by atoms with Crippen LogP contribution in [0.15, 0.2) is 18.3 Å². The van der Waals surface area contributed by atoms with Crippen LogP contribution in [0.1, 0.15) is 46.1 Å². The van der Waals surface area contributed by atoms with Crippen LogP contribution in [0.25, 0.3) is 11.3 Å². The quantitative estimate of drug-likeness (QED) is 0.845. The first kappa shape index (κ1) is 15.5. The van der Waals surface area contributed by atoms with E-state index in [-0.39, 0.29) is 12.0 Å². The van der Waals surface area contributed by atoms with Crippen LogP contribution in [0.5, 0.6) is 0 Å². The summed E-state index contributed by atoms with van der Waals surface area (Å²) in [5, 5.41) is 7.46. The van der Waals surface area contributed by atoms with Crippen LogP contribution in [-0.2, 0) is 6.54 Å². The number of aryl methyl sites for hydroxylation is 1. The standard InChI is InChI=1S/C16H23FN4/c1-6-21-15(13(9-18-21)10(2)3)12-7-8-14(19-11(4)5)20-16(12)17/h7-11H,6H2,1-5H3,(H,19,20). The zero-order valence-electron chi connectivity index (χ0n) is 13.3. The molecule has 0 bridgehead atoms. The summed E-state index contributed by atoms with van der Waals surface area (Å²) in [6.45, 7) is 10.9. The lowest BCUT2D eigenvalue weighted by Crippen LogP contribution is -2.12. The molecule has 0 fully saturated rings. The Morgan fingerprint density at radius 3 is 2.48 bits per heavy atom. The number of aromatic nitrogens is 3. The molecule has 2 aromatic rings. The van der Waals surface area contributed by atoms with E-state index in [2.05, 4.69) is 29.2 Å². The lowest BCUT2D eigenvalue weighted by atomic mass is 10.0. The summed E-state index contributed by atoms with van der Waals surface area (Å²) >= 11 is 0. The summed E-state index contributed by atoms with van der Waals surface area (Å²) < 4.78 is 16.3. The maximum Gasteiger partial charge on any atom is 0.224 e. The molecule has 0 unspecified atom stereocenters. The number of pyridine rings is 1. The van der Waals surface area contributed by atoms with Crippen molar-refractivity contribution in [2.75, 3.05) is 5.32 Å². The van der Waals surface area contributed by atoms with E-state index in [9.17, 15) is 4.39 Å². The Kier molecular flexibility index (Phi) is 4.60. The van der Waals surface area contributed by atoms with Gasteiger partial charge in [-0.3, -0.25) is 4.68 Å². The summed E-state index contributed by atoms with van der Waals surface area (Å²) in [6, 6.07) is 3.81. The smallest absolute Gasteiger partial charge is 0.224 e. The van der Waals surface area contributed by atoms with Gasteiger partial charge in [-0.2, -0.15) is 9.49 Å². The van der Waals surface area contributed by atoms with Gasteiger partial charge in [0, 0.05) is 18.2 Å². The van der Waals surface area contributed by atoms with Gasteiger partial charge in [0.15, 0.2) is 0 Å². The van der Waals surface area contributed by atoms with Crippen molar-refractivity contribution in [3.05, 3.63) is 29.8 Å². The van der Waals surface area contributed by atoms with Crippen LogP contribution in [0.2, 0.25) is 0 Å². The van der Waals surface area contributed by atoms with Crippen molar-refractivity contribution in [3.8, 4) is 11.3 Å². The zero-order valence-corrected chi connectivity index (χ0v) is 13.3. The molecule has 0 atom stereocenters. The van der Waals surface area contributed by atoms with Gasteiger partial charge in [0.05, 0.1) is 17.5 Å². The molecular weight excluding hydrogens is 267 g/mol. The molecule has 0 amide bonds. The maximum absolute atomic E-state index is 14.4. The molecule has 5 heteroatoms. The predicted octanol–water partition coefficient (Wildman–Crippen LogP) is 4.05. The Morgan fingerprint density at radius 2 is 1.95 bits per heavy atom. The largest absolute Gasteiger partial charge is 0.368 e. The molecule has 2 aromatic heterocycles. The van der Waals surface area contributed by atoms with Gasteiger partial charge < -0.3 is 5.32 Å². The summed E-state index contributed by atoms with van der Waals surface area (Å²) in [5.74, 6) is 0.380. The minimum atomic E-state index is -0.460. The van der Waals surface area contributed by atoms with E-state index in [0.29, 0.717) is 17.9 Å². The van der Waals surface area contributed by atoms with E-state index >= 15 is 0 Å². The van der Waals surface area contributed by atoms with E-state index in [1.165, 1.54) is 0 Å². The van der Waals surface area contributed by atoms with Gasteiger partial charge in [-0.15, -0.1) is 0 Å². The fraction of sp³-hybridized carbons (Fsp3) is 0.500. The molecule has 4 nitrogen and oxygen atoms in total. The predicted molar refractivity (Wildman–Crippen MR) is 83.9 cm³/mol. The average Bonchev–Trinajstić information content (AvgIpc) is 2.81. The molecule has 21 heavy (non-hydrogen) atoms. The Balaban J connectivity index is 2.49. The van der Waals surface area contributed by atoms with Crippen LogP contribution in [0.4, 0.5) is 10.2 Å². The van der Waals surface area contributed by atoms with Gasteiger partial charge in [0.25, 0.3) is 0 Å². The highest BCUT2D eigenvalue weighted by Crippen LogP contribution is 2.31. The molecule has 0 aliphatic carbocycles. The summed E-state index contributed by atoms with van der Waals surface area (Å²) in [7, 11) is 0. The minimum absolute atomic E-state index is 0.218. The van der Waals surface area contributed by atoms with Crippen molar-refractivity contribution in [2.24, 2.45) is 0 Å². The first-order valence-corrected chi connectivity index (χ1v) is 7.43. The first-order valence-electron chi connectivity index (χ1n) is 7.43. The highest BCUT2D eigenvalue weighted by atomic mass is 19.1. The molecule has 1 N–H and O–H groups in total. The molecule has 2 heterocycles. The van der Waals surface area contributed by atoms with Gasteiger partial charge in [0.2, 0.25) is 5.95 Å². The summed E-state index contributed by atoms with van der Waals surface area (Å²) in [5.41, 5.74) is 2.38. The molecule has 114 valence electrons. The number of anilines is 1. The highest BCUT2D eigenvalue weighted by molar-refractivity contribution is 5.65. The van der Waals surface area contributed by atoms with Gasteiger partial charge in [0.1, 0.15) is 5.82 Å². The van der Waals surface area contributed by atoms with E-state index < -0.39 is 5.95 Å². The molecule has 0 aromatic carbocycles. The zero-order chi connectivity index (χ0) is 15.6. The highest BCUT2D eigenvalue weighted by Gasteiger charge is 2.19. The fourth-order valence-electron chi connectivity index (χ4n) is 2.34. The fourth-order valence-corrected chi connectivity index (χ4v) is 2.34. The van der Waals surface area contributed by atoms with E-state index in [1.807, 2.05) is 37.7 Å². The third-order valence-electron chi connectivity index (χ3n) is 3.33. The molecule has 2 rings (SSSR count). The van der Waals surface area contributed by atoms with Crippen molar-refractivity contribution in [1.82, 2.24) is 14.8 Å². The number of halogens is 1. The molecule has 0 radical (unpaired) electrons. The average molecular weight is 290 g/mol. The Morgan fingerprint density at radius 1 is 1.24 bits per heavy atom. The molecule has 0 spiro atoms. The normalized spacial score (nSPS) is 11.4. The van der Waals surface area contributed by atoms with Gasteiger partial charge in [-0.1, -0.05) is 13.8 Å². The van der Waals surface area contributed by atoms with Gasteiger partial charge >= 0.3 is 0 Å². The van der Waals surface area contributed by atoms with E-state index in [0.717, 1.165) is 11.3 Å². The van der Waals surface area contributed by atoms with Crippen molar-refractivity contribution in [3.63, 3.8) is 0 Å². The summed E-state index contributed by atoms with van der Waals surface area (Å²) in [4.78, 5) is 4.03. The third kappa shape index (κ3) is 3.23. The number of nitrogens with one attached hydrogen (secondary N) is 1. The number of hydrogen-bond acceptors (Lipinski definition) is 3. The monoisotopic (exact) mass is 290 g/mol. The Hall–Kier alpha value is -1.91. The van der Waals surface area contributed by atoms with Crippen LogP contribution in [0.3, 0.4) is 0 Å². The molecule has 0 aliphatic rings. The van der Waals surface area contributed by atoms with Crippen LogP contribution in [-0.4, -0.2) is 20.8 Å². The van der Waals surface area contributed by atoms with E-state index in [4.69, 9.17) is 0 Å². The number of nitrogens with zero attached hydrogens (tertiary/aromatic N) is 3. The molecule has 0 saturated heterocycles. The Labute approximate surface area is 125 Å². The molecule has 0 saturated carbocycles. The SMILES string of the molecule is CCn1ncc(C(C)C)c1-c1ccc(NC(C)C)nc1F. The second-order valence-corrected chi connectivity index (χ2v) is 5.75. The van der Waals surface area contributed by atoms with Gasteiger partial charge in [-0.05, 0) is 38.8 Å². The van der Waals surface area contributed by atoms with E-state index in [1.54, 1.807) is 6.07 Å². The van der Waals surface area contributed by atoms with Crippen LogP contribution >= 0.6 is 0 Å². The minimum Gasteiger partial charge on any atom is -0.368 e. The lowest BCUT2D eigenvalue weighted by molar-refractivity contribution is 0.582. The second kappa shape index (κ2) is 6.24. The summed E-state index contributed by atoms with van der Waals surface area (Å²) in [6.07, 6.45) is 1.82.